The van der Waals surface area contributed by atoms with Crippen LogP contribution < -0.4 is 4.90 Å². The van der Waals surface area contributed by atoms with E-state index < -0.39 is 12.0 Å². The molecule has 1 atom stereocenters. The van der Waals surface area contributed by atoms with Crippen molar-refractivity contribution in [1.29, 1.82) is 0 Å². The predicted octanol–water partition coefficient (Wildman–Crippen LogP) is 2.43. The number of nitrogens with zero attached hydrogens (tertiary/aromatic N) is 1. The summed E-state index contributed by atoms with van der Waals surface area (Å²) in [6, 6.07) is 4.77. The number of para-hydroxylation sites is 1. The van der Waals surface area contributed by atoms with E-state index >= 15 is 0 Å². The molecule has 104 valence electrons. The van der Waals surface area contributed by atoms with Gasteiger partial charge in [-0.2, -0.15) is 12.6 Å². The molecule has 0 saturated carbocycles. The summed E-state index contributed by atoms with van der Waals surface area (Å²) in [4.78, 5) is 24.8. The Morgan fingerprint density at radius 3 is 2.21 bits per heavy atom. The van der Waals surface area contributed by atoms with E-state index in [1.807, 2.05) is 32.0 Å². The van der Waals surface area contributed by atoms with Crippen molar-refractivity contribution in [3.8, 4) is 0 Å². The van der Waals surface area contributed by atoms with E-state index in [1.54, 1.807) is 6.92 Å². The van der Waals surface area contributed by atoms with Crippen LogP contribution in [0.2, 0.25) is 0 Å². The van der Waals surface area contributed by atoms with E-state index in [0.717, 1.165) is 11.1 Å². The molecule has 1 aromatic carbocycles. The number of carboxylic acids is 1. The number of carbonyl (C=O) groups is 2. The largest absolute Gasteiger partial charge is 0.480 e. The van der Waals surface area contributed by atoms with Crippen molar-refractivity contribution >= 4 is 30.2 Å². The Morgan fingerprint density at radius 1 is 1.32 bits per heavy atom. The maximum Gasteiger partial charge on any atom is 0.326 e. The fourth-order valence-electron chi connectivity index (χ4n) is 2.18. The van der Waals surface area contributed by atoms with Gasteiger partial charge in [-0.05, 0) is 31.4 Å². The second kappa shape index (κ2) is 6.61. The van der Waals surface area contributed by atoms with Crippen molar-refractivity contribution in [3.63, 3.8) is 0 Å². The van der Waals surface area contributed by atoms with Crippen LogP contribution in [0.5, 0.6) is 0 Å². The number of carbonyl (C=O) groups excluding carboxylic acids is 1. The number of aliphatic carboxylic acids is 1. The molecule has 0 heterocycles. The number of thiol groups is 1. The molecule has 0 saturated heterocycles. The van der Waals surface area contributed by atoms with Crippen molar-refractivity contribution in [3.05, 3.63) is 29.3 Å². The van der Waals surface area contributed by atoms with Gasteiger partial charge in [0.05, 0.1) is 11.4 Å². The van der Waals surface area contributed by atoms with Crippen molar-refractivity contribution < 1.29 is 14.7 Å². The molecule has 1 N–H and O–H groups in total. The zero-order chi connectivity index (χ0) is 14.6. The van der Waals surface area contributed by atoms with Crippen LogP contribution in [-0.2, 0) is 9.59 Å². The smallest absolute Gasteiger partial charge is 0.326 e. The zero-order valence-electron chi connectivity index (χ0n) is 11.4. The third-order valence-corrected chi connectivity index (χ3v) is 3.34. The Hall–Kier alpha value is -1.49. The summed E-state index contributed by atoms with van der Waals surface area (Å²) < 4.78 is 0. The van der Waals surface area contributed by atoms with Gasteiger partial charge in [0.15, 0.2) is 0 Å². The van der Waals surface area contributed by atoms with E-state index in [0.29, 0.717) is 12.1 Å². The van der Waals surface area contributed by atoms with Gasteiger partial charge in [0.25, 0.3) is 0 Å². The SMILES string of the molecule is CCC(C(=O)O)N(C(=O)CS)c1c(C)cccc1C. The van der Waals surface area contributed by atoms with Crippen LogP contribution in [0.4, 0.5) is 5.69 Å². The van der Waals surface area contributed by atoms with Crippen LogP contribution in [-0.4, -0.2) is 28.8 Å². The number of benzene rings is 1. The van der Waals surface area contributed by atoms with Crippen molar-refractivity contribution in [2.45, 2.75) is 33.2 Å². The van der Waals surface area contributed by atoms with E-state index in [-0.39, 0.29) is 11.7 Å². The first kappa shape index (κ1) is 15.6. The van der Waals surface area contributed by atoms with Crippen LogP contribution in [0, 0.1) is 13.8 Å². The molecular weight excluding hydrogens is 262 g/mol. The summed E-state index contributed by atoms with van der Waals surface area (Å²) in [7, 11) is 0. The monoisotopic (exact) mass is 281 g/mol. The molecule has 0 aliphatic carbocycles. The fraction of sp³-hybridized carbons (Fsp3) is 0.429. The summed E-state index contributed by atoms with van der Waals surface area (Å²) in [5.41, 5.74) is 2.44. The lowest BCUT2D eigenvalue weighted by Gasteiger charge is -2.30. The maximum absolute atomic E-state index is 12.1. The number of aryl methyl sites for hydroxylation is 2. The number of amides is 1. The maximum atomic E-state index is 12.1. The minimum Gasteiger partial charge on any atom is -0.480 e. The first-order chi connectivity index (χ1) is 8.93. The Bertz CT molecular complexity index is 467. The molecule has 1 rings (SSSR count). The minimum absolute atomic E-state index is 0.0163. The van der Waals surface area contributed by atoms with Crippen LogP contribution in [0.25, 0.3) is 0 Å². The lowest BCUT2D eigenvalue weighted by atomic mass is 10.0. The molecule has 1 amide bonds. The van der Waals surface area contributed by atoms with Gasteiger partial charge in [-0.3, -0.25) is 9.69 Å². The topological polar surface area (TPSA) is 57.6 Å². The number of rotatable bonds is 5. The first-order valence-electron chi connectivity index (χ1n) is 6.16. The Morgan fingerprint density at radius 2 is 1.84 bits per heavy atom. The zero-order valence-corrected chi connectivity index (χ0v) is 12.3. The lowest BCUT2D eigenvalue weighted by molar-refractivity contribution is -0.140. The van der Waals surface area contributed by atoms with E-state index in [9.17, 15) is 14.7 Å². The second-order valence-electron chi connectivity index (χ2n) is 4.42. The van der Waals surface area contributed by atoms with Crippen LogP contribution >= 0.6 is 12.6 Å². The summed E-state index contributed by atoms with van der Waals surface area (Å²) in [5.74, 6) is -1.31. The minimum atomic E-state index is -1.000. The molecule has 0 bridgehead atoms. The summed E-state index contributed by atoms with van der Waals surface area (Å²) >= 11 is 3.99. The lowest BCUT2D eigenvalue weighted by Crippen LogP contribution is -2.46. The molecule has 0 aliphatic heterocycles. The van der Waals surface area contributed by atoms with Gasteiger partial charge in [-0.1, -0.05) is 25.1 Å². The van der Waals surface area contributed by atoms with Crippen LogP contribution in [0.3, 0.4) is 0 Å². The van der Waals surface area contributed by atoms with E-state index in [2.05, 4.69) is 12.6 Å². The normalized spacial score (nSPS) is 12.0. The number of carboxylic acid groups (broad SMARTS) is 1. The Kier molecular flexibility index (Phi) is 5.42. The Labute approximate surface area is 118 Å². The highest BCUT2D eigenvalue weighted by molar-refractivity contribution is 7.81. The molecule has 4 nitrogen and oxygen atoms in total. The summed E-state index contributed by atoms with van der Waals surface area (Å²) in [6.45, 7) is 5.50. The van der Waals surface area contributed by atoms with Gasteiger partial charge >= 0.3 is 5.97 Å². The molecule has 1 aromatic rings. The molecule has 5 heteroatoms. The molecule has 0 aliphatic rings. The molecule has 0 fully saturated rings. The molecular formula is C14H19NO3S. The average Bonchev–Trinajstić information content (AvgIpc) is 2.36. The van der Waals surface area contributed by atoms with Gasteiger partial charge < -0.3 is 5.11 Å². The standard InChI is InChI=1S/C14H19NO3S/c1-4-11(14(17)18)15(12(16)8-19)13-9(2)6-5-7-10(13)3/h5-7,11,19H,4,8H2,1-3H3,(H,17,18). The first-order valence-corrected chi connectivity index (χ1v) is 6.79. The van der Waals surface area contributed by atoms with Gasteiger partial charge in [0, 0.05) is 0 Å². The van der Waals surface area contributed by atoms with Gasteiger partial charge in [-0.15, -0.1) is 0 Å². The van der Waals surface area contributed by atoms with Crippen molar-refractivity contribution in [1.82, 2.24) is 0 Å². The number of hydrogen-bond donors (Lipinski definition) is 2. The van der Waals surface area contributed by atoms with E-state index in [1.165, 1.54) is 4.90 Å². The molecule has 19 heavy (non-hydrogen) atoms. The predicted molar refractivity (Wildman–Crippen MR) is 79.0 cm³/mol. The summed E-state index contributed by atoms with van der Waals surface area (Å²) in [5, 5.41) is 9.31. The van der Waals surface area contributed by atoms with Crippen molar-refractivity contribution in [2.24, 2.45) is 0 Å². The molecule has 0 spiro atoms. The van der Waals surface area contributed by atoms with Crippen molar-refractivity contribution in [2.75, 3.05) is 10.7 Å². The third kappa shape index (κ3) is 3.29. The summed E-state index contributed by atoms with van der Waals surface area (Å²) in [6.07, 6.45) is 0.350. The van der Waals surface area contributed by atoms with Gasteiger partial charge in [0.2, 0.25) is 5.91 Å². The van der Waals surface area contributed by atoms with Crippen LogP contribution in [0.1, 0.15) is 24.5 Å². The quantitative estimate of drug-likeness (QED) is 0.815. The highest BCUT2D eigenvalue weighted by Crippen LogP contribution is 2.27. The van der Waals surface area contributed by atoms with Gasteiger partial charge in [0.1, 0.15) is 6.04 Å². The Balaban J connectivity index is 3.40. The molecule has 1 unspecified atom stereocenters. The van der Waals surface area contributed by atoms with Crippen LogP contribution in [0.15, 0.2) is 18.2 Å². The highest BCUT2D eigenvalue weighted by atomic mass is 32.1. The fourth-order valence-corrected chi connectivity index (χ4v) is 2.34. The average molecular weight is 281 g/mol. The molecule has 0 aromatic heterocycles. The third-order valence-electron chi connectivity index (χ3n) is 3.07. The highest BCUT2D eigenvalue weighted by Gasteiger charge is 2.30. The number of hydrogen-bond acceptors (Lipinski definition) is 3. The van der Waals surface area contributed by atoms with E-state index in [4.69, 9.17) is 0 Å². The van der Waals surface area contributed by atoms with Gasteiger partial charge in [-0.25, -0.2) is 4.79 Å². The second-order valence-corrected chi connectivity index (χ2v) is 4.74. The number of anilines is 1. The molecule has 0 radical (unpaired) electrons.